The molecule has 0 unspecified atom stereocenters. The Kier molecular flexibility index (Phi) is 5.97. The Labute approximate surface area is 212 Å². The number of hydrogen-bond acceptors (Lipinski definition) is 7. The van der Waals surface area contributed by atoms with Crippen LogP contribution in [0.4, 0.5) is 23.3 Å². The molecule has 0 radical (unpaired) electrons. The van der Waals surface area contributed by atoms with Crippen molar-refractivity contribution < 1.29 is 0 Å². The zero-order chi connectivity index (χ0) is 24.6. The second kappa shape index (κ2) is 9.43. The fraction of sp³-hybridized carbons (Fsp3) is 0.393. The summed E-state index contributed by atoms with van der Waals surface area (Å²) >= 11 is 0. The van der Waals surface area contributed by atoms with Crippen molar-refractivity contribution in [2.24, 2.45) is 5.73 Å². The van der Waals surface area contributed by atoms with Crippen LogP contribution in [0, 0.1) is 0 Å². The molecule has 1 saturated heterocycles. The van der Waals surface area contributed by atoms with Crippen LogP contribution < -0.4 is 20.9 Å². The van der Waals surface area contributed by atoms with Gasteiger partial charge in [0.2, 0.25) is 11.9 Å². The summed E-state index contributed by atoms with van der Waals surface area (Å²) in [6.45, 7) is 7.73. The highest BCUT2D eigenvalue weighted by molar-refractivity contribution is 5.72. The van der Waals surface area contributed by atoms with Crippen LogP contribution in [0.1, 0.15) is 49.3 Å². The summed E-state index contributed by atoms with van der Waals surface area (Å²) in [5, 5.41) is 8.26. The highest BCUT2D eigenvalue weighted by atomic mass is 15.4. The van der Waals surface area contributed by atoms with Gasteiger partial charge in [-0.05, 0) is 48.4 Å². The Balaban J connectivity index is 1.33. The number of hydrogen-bond donors (Lipinski definition) is 2. The second-order valence-electron chi connectivity index (χ2n) is 10.2. The number of para-hydroxylation sites is 2. The first-order chi connectivity index (χ1) is 17.6. The minimum Gasteiger partial charge on any atom is -0.350 e. The zero-order valence-corrected chi connectivity index (χ0v) is 21.1. The summed E-state index contributed by atoms with van der Waals surface area (Å²) in [6.07, 6.45) is 4.90. The predicted molar refractivity (Wildman–Crippen MR) is 145 cm³/mol. The summed E-state index contributed by atoms with van der Waals surface area (Å²) in [5.41, 5.74) is 13.3. The lowest BCUT2D eigenvalue weighted by Crippen LogP contribution is -2.40. The molecule has 8 heteroatoms. The summed E-state index contributed by atoms with van der Waals surface area (Å²) in [6, 6.07) is 17.6. The van der Waals surface area contributed by atoms with Crippen molar-refractivity contribution in [2.45, 2.75) is 51.6 Å². The molecule has 4 aromatic rings. The highest BCUT2D eigenvalue weighted by Crippen LogP contribution is 2.36. The molecule has 0 spiro atoms. The molecule has 0 aliphatic carbocycles. The summed E-state index contributed by atoms with van der Waals surface area (Å²) in [5.74, 6) is 1.79. The van der Waals surface area contributed by atoms with E-state index >= 15 is 0 Å². The minimum atomic E-state index is 0.260. The Morgan fingerprint density at radius 2 is 1.72 bits per heavy atom. The number of nitrogens with zero attached hydrogens (tertiary/aromatic N) is 6. The van der Waals surface area contributed by atoms with Gasteiger partial charge < -0.3 is 20.9 Å². The summed E-state index contributed by atoms with van der Waals surface area (Å²) in [7, 11) is 0. The number of nitrogens with two attached hydrogens (primary N) is 1. The second-order valence-corrected chi connectivity index (χ2v) is 10.2. The highest BCUT2D eigenvalue weighted by Gasteiger charge is 2.24. The number of rotatable bonds is 6. The van der Waals surface area contributed by atoms with E-state index in [1.165, 1.54) is 22.5 Å². The van der Waals surface area contributed by atoms with Crippen LogP contribution in [0.15, 0.2) is 54.7 Å². The molecular weight excluding hydrogens is 448 g/mol. The molecule has 0 atom stereocenters. The van der Waals surface area contributed by atoms with Gasteiger partial charge in [-0.15, -0.1) is 0 Å². The Bertz CT molecular complexity index is 1370. The van der Waals surface area contributed by atoms with E-state index < -0.39 is 0 Å². The molecule has 8 nitrogen and oxygen atoms in total. The van der Waals surface area contributed by atoms with Crippen LogP contribution in [-0.2, 0) is 13.0 Å². The van der Waals surface area contributed by atoms with Crippen molar-refractivity contribution in [3.8, 4) is 0 Å². The molecule has 0 amide bonds. The summed E-state index contributed by atoms with van der Waals surface area (Å²) in [4.78, 5) is 14.6. The first-order valence-electron chi connectivity index (χ1n) is 13.0. The predicted octanol–water partition coefficient (Wildman–Crippen LogP) is 4.48. The third kappa shape index (κ3) is 4.15. The van der Waals surface area contributed by atoms with Crippen LogP contribution in [0.2, 0.25) is 0 Å². The Morgan fingerprint density at radius 1 is 0.972 bits per heavy atom. The van der Waals surface area contributed by atoms with E-state index in [2.05, 4.69) is 82.6 Å². The molecule has 3 N–H and O–H groups in total. The molecule has 36 heavy (non-hydrogen) atoms. The molecular formula is C28H34N8. The fourth-order valence-corrected chi connectivity index (χ4v) is 5.33. The van der Waals surface area contributed by atoms with E-state index in [1.54, 1.807) is 0 Å². The molecule has 2 aliphatic heterocycles. The van der Waals surface area contributed by atoms with Crippen LogP contribution in [-0.4, -0.2) is 45.3 Å². The third-order valence-corrected chi connectivity index (χ3v) is 7.43. The lowest BCUT2D eigenvalue weighted by molar-refractivity contribution is 0.495. The van der Waals surface area contributed by atoms with E-state index in [4.69, 9.17) is 15.7 Å². The van der Waals surface area contributed by atoms with Crippen LogP contribution in [0.25, 0.3) is 5.65 Å². The van der Waals surface area contributed by atoms with Gasteiger partial charge in [0, 0.05) is 49.2 Å². The average Bonchev–Trinajstić information content (AvgIpc) is 3.52. The maximum absolute atomic E-state index is 6.15. The molecule has 2 aliphatic rings. The molecule has 2 aromatic heterocycles. The smallest absolute Gasteiger partial charge is 0.230 e. The standard InChI is InChI=1S/C28H34N8/c1-19(2)23-18-31-36-26(23)32-28(34-14-12-22(29)13-15-34)33-27(36)30-17-21-8-4-6-10-25(21)35-16-11-20-7-3-5-9-24(20)35/h3-10,18-19,22H,11-17,29H2,1-2H3,(H,30,32,33). The quantitative estimate of drug-likeness (QED) is 0.419. The Morgan fingerprint density at radius 3 is 2.53 bits per heavy atom. The van der Waals surface area contributed by atoms with Crippen molar-refractivity contribution in [1.29, 1.82) is 0 Å². The summed E-state index contributed by atoms with van der Waals surface area (Å²) < 4.78 is 1.85. The van der Waals surface area contributed by atoms with Gasteiger partial charge in [0.25, 0.3) is 0 Å². The molecule has 2 aromatic carbocycles. The molecule has 0 bridgehead atoms. The van der Waals surface area contributed by atoms with E-state index in [1.807, 2.05) is 10.7 Å². The van der Waals surface area contributed by atoms with Crippen LogP contribution >= 0.6 is 0 Å². The normalized spacial score (nSPS) is 16.2. The van der Waals surface area contributed by atoms with E-state index in [-0.39, 0.29) is 6.04 Å². The SMILES string of the molecule is CC(C)c1cnn2c(NCc3ccccc3N3CCc4ccccc43)nc(N3CCC(N)CC3)nc12. The van der Waals surface area contributed by atoms with Gasteiger partial charge in [0.15, 0.2) is 5.65 Å². The maximum atomic E-state index is 6.15. The number of fused-ring (bicyclic) bond motifs is 2. The van der Waals surface area contributed by atoms with Crippen LogP contribution in [0.3, 0.4) is 0 Å². The molecule has 186 valence electrons. The van der Waals surface area contributed by atoms with Crippen molar-refractivity contribution in [3.63, 3.8) is 0 Å². The number of aromatic nitrogens is 4. The van der Waals surface area contributed by atoms with Crippen LogP contribution in [0.5, 0.6) is 0 Å². The monoisotopic (exact) mass is 482 g/mol. The van der Waals surface area contributed by atoms with Gasteiger partial charge >= 0.3 is 0 Å². The molecule has 4 heterocycles. The minimum absolute atomic E-state index is 0.260. The topological polar surface area (TPSA) is 87.6 Å². The zero-order valence-electron chi connectivity index (χ0n) is 21.1. The first-order valence-corrected chi connectivity index (χ1v) is 13.0. The lowest BCUT2D eigenvalue weighted by Gasteiger charge is -2.30. The van der Waals surface area contributed by atoms with E-state index in [9.17, 15) is 0 Å². The van der Waals surface area contributed by atoms with Crippen molar-refractivity contribution >= 4 is 28.9 Å². The first kappa shape index (κ1) is 22.8. The van der Waals surface area contributed by atoms with Crippen molar-refractivity contribution in [2.75, 3.05) is 34.8 Å². The number of nitrogens with one attached hydrogen (secondary N) is 1. The lowest BCUT2D eigenvalue weighted by atomic mass is 10.1. The fourth-order valence-electron chi connectivity index (χ4n) is 5.33. The molecule has 6 rings (SSSR count). The van der Waals surface area contributed by atoms with Crippen molar-refractivity contribution in [3.05, 3.63) is 71.4 Å². The average molecular weight is 483 g/mol. The molecule has 0 saturated carbocycles. The van der Waals surface area contributed by atoms with Gasteiger partial charge in [-0.2, -0.15) is 19.6 Å². The Hall–Kier alpha value is -3.65. The van der Waals surface area contributed by atoms with E-state index in [0.29, 0.717) is 18.4 Å². The largest absolute Gasteiger partial charge is 0.350 e. The third-order valence-electron chi connectivity index (χ3n) is 7.43. The van der Waals surface area contributed by atoms with Gasteiger partial charge in [-0.3, -0.25) is 0 Å². The van der Waals surface area contributed by atoms with Gasteiger partial charge in [0.05, 0.1) is 6.20 Å². The van der Waals surface area contributed by atoms with E-state index in [0.717, 1.165) is 56.1 Å². The van der Waals surface area contributed by atoms with Gasteiger partial charge in [-0.25, -0.2) is 0 Å². The maximum Gasteiger partial charge on any atom is 0.230 e. The van der Waals surface area contributed by atoms with Gasteiger partial charge in [0.1, 0.15) is 0 Å². The van der Waals surface area contributed by atoms with Gasteiger partial charge in [-0.1, -0.05) is 50.2 Å². The number of piperidine rings is 1. The number of benzene rings is 2. The number of anilines is 4. The molecule has 1 fully saturated rings. The van der Waals surface area contributed by atoms with Crippen molar-refractivity contribution in [1.82, 2.24) is 19.6 Å².